The Hall–Kier alpha value is -2.95. The van der Waals surface area contributed by atoms with Crippen LogP contribution in [0.5, 0.6) is 0 Å². The van der Waals surface area contributed by atoms with Gasteiger partial charge in [-0.1, -0.05) is 53.7 Å². The van der Waals surface area contributed by atoms with E-state index < -0.39 is 0 Å². The van der Waals surface area contributed by atoms with Crippen molar-refractivity contribution in [1.82, 2.24) is 15.0 Å². The summed E-state index contributed by atoms with van der Waals surface area (Å²) in [5, 5.41) is 12.9. The second kappa shape index (κ2) is 6.22. The maximum absolute atomic E-state index is 4.54. The summed E-state index contributed by atoms with van der Waals surface area (Å²) < 4.78 is 1.75. The van der Waals surface area contributed by atoms with Gasteiger partial charge in [0.1, 0.15) is 0 Å². The molecule has 3 aromatic rings. The third-order valence-electron chi connectivity index (χ3n) is 3.42. The highest BCUT2D eigenvalue weighted by atomic mass is 15.5. The zero-order chi connectivity index (χ0) is 15.4. The average molecular weight is 291 g/mol. The first-order valence-corrected chi connectivity index (χ1v) is 7.09. The van der Waals surface area contributed by atoms with E-state index in [4.69, 9.17) is 0 Å². The lowest BCUT2D eigenvalue weighted by atomic mass is 10.2. The van der Waals surface area contributed by atoms with Crippen molar-refractivity contribution in [1.29, 1.82) is 0 Å². The van der Waals surface area contributed by atoms with Crippen LogP contribution in [0.2, 0.25) is 0 Å². The Morgan fingerprint density at radius 2 is 1.59 bits per heavy atom. The minimum absolute atomic E-state index is 0.711. The first kappa shape index (κ1) is 14.0. The summed E-state index contributed by atoms with van der Waals surface area (Å²) in [5.41, 5.74) is 6.83. The number of nitrogens with zero attached hydrogens (tertiary/aromatic N) is 4. The smallest absolute Gasteiger partial charge is 0.182 e. The number of nitrogens with one attached hydrogen (secondary N) is 1. The highest BCUT2D eigenvalue weighted by molar-refractivity contribution is 6.00. The molecule has 0 unspecified atom stereocenters. The molecule has 0 amide bonds. The summed E-state index contributed by atoms with van der Waals surface area (Å²) in [5.74, 6) is 0.711. The van der Waals surface area contributed by atoms with Gasteiger partial charge < -0.3 is 0 Å². The Kier molecular flexibility index (Phi) is 3.96. The first-order chi connectivity index (χ1) is 10.8. The SMILES string of the molecule is Cc1nnn(/C(=N\Nc2ccccc2)c2ccccc2)c1C. The number of hydrogen-bond acceptors (Lipinski definition) is 4. The molecule has 1 aromatic heterocycles. The van der Waals surface area contributed by atoms with Gasteiger partial charge in [0.15, 0.2) is 5.84 Å². The minimum Gasteiger partial charge on any atom is -0.276 e. The van der Waals surface area contributed by atoms with Crippen LogP contribution >= 0.6 is 0 Å². The van der Waals surface area contributed by atoms with Crippen molar-refractivity contribution in [2.24, 2.45) is 5.10 Å². The molecular formula is C17H17N5. The molecule has 0 aliphatic rings. The van der Waals surface area contributed by atoms with Gasteiger partial charge >= 0.3 is 0 Å². The molecule has 1 heterocycles. The fourth-order valence-corrected chi connectivity index (χ4v) is 2.06. The summed E-state index contributed by atoms with van der Waals surface area (Å²) in [7, 11) is 0. The predicted molar refractivity (Wildman–Crippen MR) is 87.9 cm³/mol. The Morgan fingerprint density at radius 3 is 2.18 bits per heavy atom. The van der Waals surface area contributed by atoms with E-state index in [0.717, 1.165) is 22.6 Å². The Balaban J connectivity index is 2.02. The quantitative estimate of drug-likeness (QED) is 0.458. The zero-order valence-corrected chi connectivity index (χ0v) is 12.6. The van der Waals surface area contributed by atoms with Crippen molar-refractivity contribution in [2.75, 3.05) is 5.43 Å². The first-order valence-electron chi connectivity index (χ1n) is 7.09. The molecule has 0 fully saturated rings. The Morgan fingerprint density at radius 1 is 0.955 bits per heavy atom. The van der Waals surface area contributed by atoms with Gasteiger partial charge in [-0.25, -0.2) is 0 Å². The number of hydrogen-bond donors (Lipinski definition) is 1. The number of aryl methyl sites for hydroxylation is 1. The summed E-state index contributed by atoms with van der Waals surface area (Å²) in [4.78, 5) is 0. The van der Waals surface area contributed by atoms with Crippen molar-refractivity contribution in [2.45, 2.75) is 13.8 Å². The molecule has 0 atom stereocenters. The van der Waals surface area contributed by atoms with Crippen LogP contribution in [-0.2, 0) is 0 Å². The molecular weight excluding hydrogens is 274 g/mol. The molecule has 0 saturated carbocycles. The van der Waals surface area contributed by atoms with Gasteiger partial charge in [0.25, 0.3) is 0 Å². The number of benzene rings is 2. The highest BCUT2D eigenvalue weighted by Gasteiger charge is 2.12. The standard InChI is InChI=1S/C17H17N5/c1-13-14(2)22(21-18-13)17(15-9-5-3-6-10-15)20-19-16-11-7-4-8-12-16/h3-12,19H,1-2H3/b20-17-. The number of para-hydroxylation sites is 1. The molecule has 2 aromatic carbocycles. The van der Waals surface area contributed by atoms with E-state index in [9.17, 15) is 0 Å². The summed E-state index contributed by atoms with van der Waals surface area (Å²) in [6.45, 7) is 3.92. The average Bonchev–Trinajstić information content (AvgIpc) is 2.90. The summed E-state index contributed by atoms with van der Waals surface area (Å²) >= 11 is 0. The van der Waals surface area contributed by atoms with Crippen molar-refractivity contribution in [3.05, 3.63) is 77.6 Å². The van der Waals surface area contributed by atoms with Gasteiger partial charge in [0.2, 0.25) is 0 Å². The Bertz CT molecular complexity index is 775. The lowest BCUT2D eigenvalue weighted by Crippen LogP contribution is -2.18. The maximum atomic E-state index is 4.54. The second-order valence-corrected chi connectivity index (χ2v) is 4.95. The second-order valence-electron chi connectivity index (χ2n) is 4.95. The van der Waals surface area contributed by atoms with E-state index in [2.05, 4.69) is 20.8 Å². The molecule has 0 aliphatic carbocycles. The normalized spacial score (nSPS) is 11.5. The minimum atomic E-state index is 0.711. The summed E-state index contributed by atoms with van der Waals surface area (Å²) in [6, 6.07) is 19.8. The van der Waals surface area contributed by atoms with Gasteiger partial charge in [-0.3, -0.25) is 5.43 Å². The van der Waals surface area contributed by atoms with Gasteiger partial charge in [0, 0.05) is 5.56 Å². The van der Waals surface area contributed by atoms with Crippen LogP contribution < -0.4 is 5.43 Å². The fourth-order valence-electron chi connectivity index (χ4n) is 2.06. The molecule has 5 nitrogen and oxygen atoms in total. The molecule has 0 spiro atoms. The monoisotopic (exact) mass is 291 g/mol. The van der Waals surface area contributed by atoms with Gasteiger partial charge in [-0.2, -0.15) is 9.78 Å². The molecule has 0 aliphatic heterocycles. The zero-order valence-electron chi connectivity index (χ0n) is 12.6. The molecule has 0 radical (unpaired) electrons. The van der Waals surface area contributed by atoms with Crippen LogP contribution in [0.3, 0.4) is 0 Å². The van der Waals surface area contributed by atoms with E-state index in [-0.39, 0.29) is 0 Å². The topological polar surface area (TPSA) is 55.1 Å². The molecule has 110 valence electrons. The largest absolute Gasteiger partial charge is 0.276 e. The van der Waals surface area contributed by atoms with E-state index in [0.29, 0.717) is 5.84 Å². The van der Waals surface area contributed by atoms with Crippen LogP contribution in [0.1, 0.15) is 17.0 Å². The van der Waals surface area contributed by atoms with Crippen LogP contribution in [0.4, 0.5) is 5.69 Å². The Labute approximate surface area is 129 Å². The van der Waals surface area contributed by atoms with Crippen LogP contribution in [0.25, 0.3) is 0 Å². The molecule has 22 heavy (non-hydrogen) atoms. The maximum Gasteiger partial charge on any atom is 0.182 e. The molecule has 3 rings (SSSR count). The van der Waals surface area contributed by atoms with Crippen molar-refractivity contribution < 1.29 is 0 Å². The highest BCUT2D eigenvalue weighted by Crippen LogP contribution is 2.10. The molecule has 1 N–H and O–H groups in total. The number of rotatable bonds is 3. The third-order valence-corrected chi connectivity index (χ3v) is 3.42. The van der Waals surface area contributed by atoms with Crippen LogP contribution in [0, 0.1) is 13.8 Å². The van der Waals surface area contributed by atoms with Crippen molar-refractivity contribution >= 4 is 11.5 Å². The predicted octanol–water partition coefficient (Wildman–Crippen LogP) is 3.22. The molecule has 0 saturated heterocycles. The number of aromatic nitrogens is 3. The lowest BCUT2D eigenvalue weighted by molar-refractivity contribution is 0.820. The molecule has 0 bridgehead atoms. The number of anilines is 1. The van der Waals surface area contributed by atoms with Crippen molar-refractivity contribution in [3.63, 3.8) is 0 Å². The van der Waals surface area contributed by atoms with Crippen LogP contribution in [-0.4, -0.2) is 20.8 Å². The third kappa shape index (κ3) is 2.88. The van der Waals surface area contributed by atoms with Gasteiger partial charge in [0.05, 0.1) is 17.1 Å². The van der Waals surface area contributed by atoms with E-state index in [1.165, 1.54) is 0 Å². The van der Waals surface area contributed by atoms with Crippen molar-refractivity contribution in [3.8, 4) is 0 Å². The van der Waals surface area contributed by atoms with E-state index >= 15 is 0 Å². The number of hydrazone groups is 1. The van der Waals surface area contributed by atoms with Gasteiger partial charge in [-0.15, -0.1) is 5.10 Å². The lowest BCUT2D eigenvalue weighted by Gasteiger charge is -2.09. The van der Waals surface area contributed by atoms with E-state index in [1.54, 1.807) is 4.68 Å². The fraction of sp³-hybridized carbons (Fsp3) is 0.118. The summed E-state index contributed by atoms with van der Waals surface area (Å²) in [6.07, 6.45) is 0. The van der Waals surface area contributed by atoms with Crippen LogP contribution in [0.15, 0.2) is 65.8 Å². The van der Waals surface area contributed by atoms with Gasteiger partial charge in [-0.05, 0) is 26.0 Å². The molecule has 5 heteroatoms. The van der Waals surface area contributed by atoms with E-state index in [1.807, 2.05) is 74.5 Å².